The lowest BCUT2D eigenvalue weighted by Crippen LogP contribution is -2.48. The lowest BCUT2D eigenvalue weighted by Gasteiger charge is -2.31. The molecule has 0 bridgehead atoms. The summed E-state index contributed by atoms with van der Waals surface area (Å²) >= 11 is 0. The summed E-state index contributed by atoms with van der Waals surface area (Å²) in [6.07, 6.45) is 0. The van der Waals surface area contributed by atoms with E-state index < -0.39 is 0 Å². The predicted octanol–water partition coefficient (Wildman–Crippen LogP) is 2.52. The molecular weight excluding hydrogens is 248 g/mol. The first kappa shape index (κ1) is 15.0. The second kappa shape index (κ2) is 6.21. The Bertz CT molecular complexity index is 430. The first-order chi connectivity index (χ1) is 8.09. The average Bonchev–Trinajstić information content (AvgIpc) is 2.22. The van der Waals surface area contributed by atoms with Crippen molar-refractivity contribution in [3.05, 3.63) is 29.3 Å². The maximum Gasteiger partial charge on any atom is 0.227 e. The molecule has 2 rings (SSSR count). The molecule has 18 heavy (non-hydrogen) atoms. The number of carbonyl (C=O) groups excluding carboxylic acids is 1. The molecule has 1 saturated heterocycles. The van der Waals surface area contributed by atoms with Crippen LogP contribution in [0.5, 0.6) is 0 Å². The highest BCUT2D eigenvalue weighted by Crippen LogP contribution is 2.21. The molecular formula is C14H21ClN2O. The van der Waals surface area contributed by atoms with Gasteiger partial charge in [0.2, 0.25) is 5.91 Å². The van der Waals surface area contributed by atoms with Crippen LogP contribution in [0, 0.1) is 25.7 Å². The van der Waals surface area contributed by atoms with Crippen LogP contribution in [-0.2, 0) is 4.79 Å². The molecule has 0 radical (unpaired) electrons. The fraction of sp³-hybridized carbons (Fsp3) is 0.500. The lowest BCUT2D eigenvalue weighted by atomic mass is 9.88. The van der Waals surface area contributed by atoms with Crippen molar-refractivity contribution in [1.29, 1.82) is 0 Å². The third-order valence-electron chi connectivity index (χ3n) is 3.80. The molecule has 1 atom stereocenters. The monoisotopic (exact) mass is 268 g/mol. The van der Waals surface area contributed by atoms with E-state index in [1.807, 2.05) is 26.0 Å². The van der Waals surface area contributed by atoms with Crippen molar-refractivity contribution >= 4 is 24.0 Å². The van der Waals surface area contributed by atoms with Gasteiger partial charge in [-0.05, 0) is 50.0 Å². The van der Waals surface area contributed by atoms with Crippen LogP contribution in [-0.4, -0.2) is 19.0 Å². The number of aryl methyl sites for hydroxylation is 1. The molecule has 0 saturated carbocycles. The Morgan fingerprint density at radius 3 is 2.61 bits per heavy atom. The summed E-state index contributed by atoms with van der Waals surface area (Å²) in [7, 11) is 0. The molecule has 3 nitrogen and oxygen atoms in total. The predicted molar refractivity (Wildman–Crippen MR) is 77.3 cm³/mol. The highest BCUT2D eigenvalue weighted by atomic mass is 35.5. The van der Waals surface area contributed by atoms with Crippen molar-refractivity contribution in [1.82, 2.24) is 5.32 Å². The minimum atomic E-state index is 0. The zero-order valence-electron chi connectivity index (χ0n) is 11.1. The van der Waals surface area contributed by atoms with E-state index in [1.165, 1.54) is 5.56 Å². The van der Waals surface area contributed by atoms with Gasteiger partial charge in [0.15, 0.2) is 0 Å². The summed E-state index contributed by atoms with van der Waals surface area (Å²) in [6.45, 7) is 8.03. The van der Waals surface area contributed by atoms with E-state index in [0.29, 0.717) is 5.92 Å². The number of hydrogen-bond acceptors (Lipinski definition) is 2. The quantitative estimate of drug-likeness (QED) is 0.885. The smallest absolute Gasteiger partial charge is 0.227 e. The molecule has 0 spiro atoms. The van der Waals surface area contributed by atoms with Gasteiger partial charge in [0.25, 0.3) is 0 Å². The number of rotatable bonds is 3. The summed E-state index contributed by atoms with van der Waals surface area (Å²) in [5.41, 5.74) is 3.30. The van der Waals surface area contributed by atoms with Gasteiger partial charge in [-0.15, -0.1) is 12.4 Å². The second-order valence-corrected chi connectivity index (χ2v) is 4.94. The second-order valence-electron chi connectivity index (χ2n) is 4.94. The largest absolute Gasteiger partial charge is 0.326 e. The first-order valence-corrected chi connectivity index (χ1v) is 6.17. The van der Waals surface area contributed by atoms with Gasteiger partial charge in [0.1, 0.15) is 0 Å². The van der Waals surface area contributed by atoms with E-state index in [1.54, 1.807) is 0 Å². The molecule has 1 aromatic carbocycles. The van der Waals surface area contributed by atoms with E-state index >= 15 is 0 Å². The van der Waals surface area contributed by atoms with Crippen LogP contribution in [0.1, 0.15) is 18.1 Å². The van der Waals surface area contributed by atoms with Crippen LogP contribution in [0.4, 0.5) is 5.69 Å². The van der Waals surface area contributed by atoms with Crippen LogP contribution in [0.3, 0.4) is 0 Å². The number of amides is 1. The number of benzene rings is 1. The van der Waals surface area contributed by atoms with E-state index in [0.717, 1.165) is 24.3 Å². The Balaban J connectivity index is 0.00000162. The molecule has 1 aliphatic rings. The molecule has 0 aliphatic carbocycles. The van der Waals surface area contributed by atoms with Gasteiger partial charge < -0.3 is 10.6 Å². The third kappa shape index (κ3) is 3.03. The lowest BCUT2D eigenvalue weighted by molar-refractivity contribution is -0.121. The van der Waals surface area contributed by atoms with Crippen molar-refractivity contribution in [3.63, 3.8) is 0 Å². The minimum Gasteiger partial charge on any atom is -0.326 e. The van der Waals surface area contributed by atoms with Crippen molar-refractivity contribution in [2.24, 2.45) is 11.8 Å². The summed E-state index contributed by atoms with van der Waals surface area (Å²) in [5.74, 6) is 0.696. The highest BCUT2D eigenvalue weighted by Gasteiger charge is 2.28. The number of hydrogen-bond donors (Lipinski definition) is 2. The highest BCUT2D eigenvalue weighted by molar-refractivity contribution is 5.93. The van der Waals surface area contributed by atoms with Crippen molar-refractivity contribution in [2.75, 3.05) is 18.4 Å². The van der Waals surface area contributed by atoms with Crippen LogP contribution >= 0.6 is 12.4 Å². The van der Waals surface area contributed by atoms with Gasteiger partial charge in [-0.25, -0.2) is 0 Å². The fourth-order valence-electron chi connectivity index (χ4n) is 2.01. The minimum absolute atomic E-state index is 0. The van der Waals surface area contributed by atoms with Crippen molar-refractivity contribution in [3.8, 4) is 0 Å². The molecule has 0 aromatic heterocycles. The van der Waals surface area contributed by atoms with Gasteiger partial charge in [0, 0.05) is 11.6 Å². The third-order valence-corrected chi connectivity index (χ3v) is 3.80. The van der Waals surface area contributed by atoms with Gasteiger partial charge >= 0.3 is 0 Å². The van der Waals surface area contributed by atoms with Gasteiger partial charge in [0.05, 0.1) is 0 Å². The normalized spacial score (nSPS) is 16.4. The molecule has 1 aliphatic heterocycles. The fourth-order valence-corrected chi connectivity index (χ4v) is 2.01. The first-order valence-electron chi connectivity index (χ1n) is 6.17. The molecule has 4 heteroatoms. The molecule has 1 fully saturated rings. The summed E-state index contributed by atoms with van der Waals surface area (Å²) in [4.78, 5) is 12.1. The van der Waals surface area contributed by atoms with E-state index in [4.69, 9.17) is 0 Å². The maximum absolute atomic E-state index is 12.1. The van der Waals surface area contributed by atoms with E-state index in [2.05, 4.69) is 23.6 Å². The van der Waals surface area contributed by atoms with E-state index in [9.17, 15) is 4.79 Å². The zero-order chi connectivity index (χ0) is 12.4. The number of nitrogens with one attached hydrogen (secondary N) is 2. The van der Waals surface area contributed by atoms with Gasteiger partial charge in [-0.3, -0.25) is 4.79 Å². The standard InChI is InChI=1S/C14H20N2O.ClH/c1-9-5-4-6-13(10(9)2)16-14(17)11(3)12-7-15-8-12;/h4-6,11-12,15H,7-8H2,1-3H3,(H,16,17);1H. The number of anilines is 1. The van der Waals surface area contributed by atoms with Gasteiger partial charge in [-0.1, -0.05) is 19.1 Å². The van der Waals surface area contributed by atoms with E-state index in [-0.39, 0.29) is 24.2 Å². The Hall–Kier alpha value is -1.06. The summed E-state index contributed by atoms with van der Waals surface area (Å²) < 4.78 is 0. The molecule has 2 N–H and O–H groups in total. The Morgan fingerprint density at radius 1 is 1.39 bits per heavy atom. The van der Waals surface area contributed by atoms with Gasteiger partial charge in [-0.2, -0.15) is 0 Å². The Kier molecular flexibility index (Phi) is 5.17. The Labute approximate surface area is 115 Å². The Morgan fingerprint density at radius 2 is 2.06 bits per heavy atom. The molecule has 1 amide bonds. The van der Waals surface area contributed by atoms with Crippen LogP contribution < -0.4 is 10.6 Å². The van der Waals surface area contributed by atoms with Crippen molar-refractivity contribution in [2.45, 2.75) is 20.8 Å². The molecule has 1 aromatic rings. The molecule has 1 heterocycles. The average molecular weight is 269 g/mol. The topological polar surface area (TPSA) is 41.1 Å². The van der Waals surface area contributed by atoms with Crippen molar-refractivity contribution < 1.29 is 4.79 Å². The van der Waals surface area contributed by atoms with Crippen LogP contribution in [0.15, 0.2) is 18.2 Å². The summed E-state index contributed by atoms with van der Waals surface area (Å²) in [6, 6.07) is 6.00. The summed E-state index contributed by atoms with van der Waals surface area (Å²) in [5, 5.41) is 6.23. The number of carbonyl (C=O) groups is 1. The molecule has 100 valence electrons. The van der Waals surface area contributed by atoms with Crippen LogP contribution in [0.2, 0.25) is 0 Å². The molecule has 1 unspecified atom stereocenters. The number of halogens is 1. The zero-order valence-corrected chi connectivity index (χ0v) is 11.9. The van der Waals surface area contributed by atoms with Crippen LogP contribution in [0.25, 0.3) is 0 Å². The SMILES string of the molecule is Cc1cccc(NC(=O)C(C)C2CNC2)c1C.Cl. The maximum atomic E-state index is 12.1.